The minimum absolute atomic E-state index is 0.0271. The number of aromatic nitrogens is 2. The van der Waals surface area contributed by atoms with Gasteiger partial charge < -0.3 is 21.3 Å². The summed E-state index contributed by atoms with van der Waals surface area (Å²) < 4.78 is 14.2. The Morgan fingerprint density at radius 1 is 1.33 bits per heavy atom. The number of rotatable bonds is 7. The monoisotopic (exact) mass is 415 g/mol. The number of anilines is 4. The molecule has 0 bridgehead atoms. The number of nitrogens with one attached hydrogen (secondary N) is 2. The summed E-state index contributed by atoms with van der Waals surface area (Å²) in [5.74, 6) is -0.874. The standard InChI is InChI=1S/C20H26FN7O2/c1-12-8-14(18(22)30)15(21)9-16(12)25-20-24-10-17(27(2)3)19(26-20)28(11-29)13-4-6-23-7-5-13/h8-11,13,23H,4-7H2,1-3H3,(H2,22,30)(H,24,25,26). The first-order chi connectivity index (χ1) is 14.3. The van der Waals surface area contributed by atoms with Crippen LogP contribution in [0.4, 0.5) is 27.5 Å². The fraction of sp³-hybridized carbons (Fsp3) is 0.400. The van der Waals surface area contributed by atoms with E-state index in [-0.39, 0.29) is 17.6 Å². The van der Waals surface area contributed by atoms with Crippen LogP contribution in [-0.4, -0.2) is 55.5 Å². The van der Waals surface area contributed by atoms with Gasteiger partial charge in [-0.2, -0.15) is 4.98 Å². The smallest absolute Gasteiger partial charge is 0.251 e. The lowest BCUT2D eigenvalue weighted by molar-refractivity contribution is -0.108. The molecule has 2 heterocycles. The molecule has 1 fully saturated rings. The number of hydrogen-bond acceptors (Lipinski definition) is 7. The molecule has 1 aromatic carbocycles. The van der Waals surface area contributed by atoms with Crippen LogP contribution in [0.1, 0.15) is 28.8 Å². The van der Waals surface area contributed by atoms with Crippen LogP contribution in [0.15, 0.2) is 18.3 Å². The molecule has 0 atom stereocenters. The molecule has 2 aromatic rings. The van der Waals surface area contributed by atoms with E-state index in [9.17, 15) is 14.0 Å². The Morgan fingerprint density at radius 3 is 2.63 bits per heavy atom. The summed E-state index contributed by atoms with van der Waals surface area (Å²) in [7, 11) is 3.70. The highest BCUT2D eigenvalue weighted by Gasteiger charge is 2.25. The molecule has 9 nitrogen and oxygen atoms in total. The number of nitrogens with two attached hydrogens (primary N) is 1. The number of aryl methyl sites for hydroxylation is 1. The highest BCUT2D eigenvalue weighted by molar-refractivity contribution is 5.94. The molecule has 0 radical (unpaired) electrons. The van der Waals surface area contributed by atoms with E-state index in [1.807, 2.05) is 19.0 Å². The maximum absolute atomic E-state index is 14.2. The number of carbonyl (C=O) groups is 2. The van der Waals surface area contributed by atoms with Gasteiger partial charge in [0.1, 0.15) is 5.82 Å². The largest absolute Gasteiger partial charge is 0.373 e. The van der Waals surface area contributed by atoms with E-state index < -0.39 is 11.7 Å². The van der Waals surface area contributed by atoms with Gasteiger partial charge >= 0.3 is 0 Å². The molecule has 30 heavy (non-hydrogen) atoms. The van der Waals surface area contributed by atoms with Crippen LogP contribution in [0, 0.1) is 12.7 Å². The maximum atomic E-state index is 14.2. The first-order valence-electron chi connectivity index (χ1n) is 9.67. The molecule has 0 aliphatic carbocycles. The average molecular weight is 415 g/mol. The van der Waals surface area contributed by atoms with Gasteiger partial charge in [-0.1, -0.05) is 0 Å². The van der Waals surface area contributed by atoms with Gasteiger partial charge in [0, 0.05) is 25.8 Å². The van der Waals surface area contributed by atoms with Crippen LogP contribution in [-0.2, 0) is 4.79 Å². The second kappa shape index (κ2) is 9.04. The molecule has 0 unspecified atom stereocenters. The van der Waals surface area contributed by atoms with Crippen LogP contribution in [0.25, 0.3) is 0 Å². The zero-order chi connectivity index (χ0) is 21.8. The third-order valence-electron chi connectivity index (χ3n) is 5.12. The zero-order valence-corrected chi connectivity index (χ0v) is 17.3. The third kappa shape index (κ3) is 4.48. The van der Waals surface area contributed by atoms with Crippen LogP contribution < -0.4 is 26.2 Å². The Labute approximate surface area is 174 Å². The Bertz CT molecular complexity index is 945. The molecule has 0 spiro atoms. The maximum Gasteiger partial charge on any atom is 0.251 e. The lowest BCUT2D eigenvalue weighted by atomic mass is 10.1. The second-order valence-electron chi connectivity index (χ2n) is 7.43. The molecule has 2 amide bonds. The molecule has 4 N–H and O–H groups in total. The Balaban J connectivity index is 1.97. The molecule has 0 saturated carbocycles. The van der Waals surface area contributed by atoms with Crippen LogP contribution >= 0.6 is 0 Å². The number of carbonyl (C=O) groups excluding carboxylic acids is 2. The van der Waals surface area contributed by atoms with Crippen LogP contribution in [0.2, 0.25) is 0 Å². The lowest BCUT2D eigenvalue weighted by Crippen LogP contribution is -2.43. The SMILES string of the molecule is Cc1cc(C(N)=O)c(F)cc1Nc1ncc(N(C)C)c(N(C=O)C2CCNCC2)n1. The summed E-state index contributed by atoms with van der Waals surface area (Å²) in [6.45, 7) is 3.37. The highest BCUT2D eigenvalue weighted by atomic mass is 19.1. The topological polar surface area (TPSA) is 116 Å². The van der Waals surface area contributed by atoms with Crippen molar-refractivity contribution in [1.82, 2.24) is 15.3 Å². The van der Waals surface area contributed by atoms with Gasteiger partial charge in [-0.3, -0.25) is 14.5 Å². The van der Waals surface area contributed by atoms with Gasteiger partial charge in [-0.25, -0.2) is 9.37 Å². The van der Waals surface area contributed by atoms with Crippen molar-refractivity contribution in [3.8, 4) is 0 Å². The summed E-state index contributed by atoms with van der Waals surface area (Å²) in [5, 5.41) is 6.26. The predicted octanol–water partition coefficient (Wildman–Crippen LogP) is 1.55. The van der Waals surface area contributed by atoms with Crippen LogP contribution in [0.3, 0.4) is 0 Å². The Hall–Kier alpha value is -3.27. The molecule has 1 saturated heterocycles. The number of piperidine rings is 1. The summed E-state index contributed by atoms with van der Waals surface area (Å²) in [6.07, 6.45) is 4.04. The van der Waals surface area contributed by atoms with Crippen molar-refractivity contribution in [3.05, 3.63) is 35.3 Å². The van der Waals surface area contributed by atoms with E-state index in [0.29, 0.717) is 22.8 Å². The van der Waals surface area contributed by atoms with E-state index in [2.05, 4.69) is 20.6 Å². The Kier molecular flexibility index (Phi) is 6.46. The van der Waals surface area contributed by atoms with Gasteiger partial charge in [0.25, 0.3) is 5.91 Å². The number of benzene rings is 1. The van der Waals surface area contributed by atoms with E-state index in [1.54, 1.807) is 18.0 Å². The van der Waals surface area contributed by atoms with Gasteiger partial charge in [-0.05, 0) is 50.6 Å². The van der Waals surface area contributed by atoms with Gasteiger partial charge in [0.2, 0.25) is 12.4 Å². The first kappa shape index (κ1) is 21.4. The third-order valence-corrected chi connectivity index (χ3v) is 5.12. The quantitative estimate of drug-likeness (QED) is 0.588. The lowest BCUT2D eigenvalue weighted by Gasteiger charge is -2.33. The molecule has 1 aliphatic rings. The van der Waals surface area contributed by atoms with Crippen molar-refractivity contribution >= 4 is 35.5 Å². The molecule has 10 heteroatoms. The van der Waals surface area contributed by atoms with Gasteiger partial charge in [0.05, 0.1) is 17.4 Å². The molecular weight excluding hydrogens is 389 g/mol. The predicted molar refractivity (Wildman–Crippen MR) is 114 cm³/mol. The number of hydrogen-bond donors (Lipinski definition) is 3. The summed E-state index contributed by atoms with van der Waals surface area (Å²) in [5.41, 5.74) is 6.72. The average Bonchev–Trinajstić information content (AvgIpc) is 2.71. The van der Waals surface area contributed by atoms with Crippen molar-refractivity contribution in [1.29, 1.82) is 0 Å². The Morgan fingerprint density at radius 2 is 2.03 bits per heavy atom. The van der Waals surface area contributed by atoms with Gasteiger partial charge in [-0.15, -0.1) is 0 Å². The number of amides is 2. The summed E-state index contributed by atoms with van der Waals surface area (Å²) >= 11 is 0. The van der Waals surface area contributed by atoms with E-state index in [1.165, 1.54) is 12.1 Å². The molecular formula is C20H26FN7O2. The number of halogens is 1. The fourth-order valence-electron chi connectivity index (χ4n) is 3.45. The van der Waals surface area contributed by atoms with Crippen molar-refractivity contribution in [2.75, 3.05) is 42.3 Å². The van der Waals surface area contributed by atoms with E-state index >= 15 is 0 Å². The molecule has 1 aliphatic heterocycles. The number of primary amides is 1. The molecule has 160 valence electrons. The summed E-state index contributed by atoms with van der Waals surface area (Å²) in [6, 6.07) is 2.59. The zero-order valence-electron chi connectivity index (χ0n) is 17.3. The minimum Gasteiger partial charge on any atom is -0.373 e. The molecule has 1 aromatic heterocycles. The summed E-state index contributed by atoms with van der Waals surface area (Å²) in [4.78, 5) is 35.6. The first-order valence-corrected chi connectivity index (χ1v) is 9.67. The highest BCUT2D eigenvalue weighted by Crippen LogP contribution is 2.30. The number of nitrogens with zero attached hydrogens (tertiary/aromatic N) is 4. The normalized spacial score (nSPS) is 14.3. The minimum atomic E-state index is -0.834. The van der Waals surface area contributed by atoms with Crippen molar-refractivity contribution in [3.63, 3.8) is 0 Å². The molecule has 3 rings (SSSR count). The second-order valence-corrected chi connectivity index (χ2v) is 7.43. The van der Waals surface area contributed by atoms with E-state index in [4.69, 9.17) is 5.73 Å². The van der Waals surface area contributed by atoms with Gasteiger partial charge in [0.15, 0.2) is 5.82 Å². The van der Waals surface area contributed by atoms with Crippen molar-refractivity contribution in [2.45, 2.75) is 25.8 Å². The van der Waals surface area contributed by atoms with Crippen LogP contribution in [0.5, 0.6) is 0 Å². The van der Waals surface area contributed by atoms with E-state index in [0.717, 1.165) is 32.3 Å². The van der Waals surface area contributed by atoms with Crippen molar-refractivity contribution < 1.29 is 14.0 Å². The fourth-order valence-corrected chi connectivity index (χ4v) is 3.45. The van der Waals surface area contributed by atoms with Crippen molar-refractivity contribution in [2.24, 2.45) is 5.73 Å².